The van der Waals surface area contributed by atoms with Crippen molar-refractivity contribution < 1.29 is 9.53 Å². The number of nitrogens with zero attached hydrogens (tertiary/aromatic N) is 1. The highest BCUT2D eigenvalue weighted by atomic mass is 79.9. The second-order valence-corrected chi connectivity index (χ2v) is 9.00. The molecule has 0 saturated heterocycles. The van der Waals surface area contributed by atoms with Crippen LogP contribution in [-0.4, -0.2) is 5.91 Å². The Morgan fingerprint density at radius 1 is 1.06 bits per heavy atom. The predicted molar refractivity (Wildman–Crippen MR) is 131 cm³/mol. The van der Waals surface area contributed by atoms with E-state index in [0.29, 0.717) is 31.5 Å². The molecule has 0 heterocycles. The molecule has 3 aromatic rings. The Kier molecular flexibility index (Phi) is 8.16. The Morgan fingerprint density at radius 3 is 2.45 bits per heavy atom. The van der Waals surface area contributed by atoms with Gasteiger partial charge in [0.2, 0.25) is 0 Å². The molecule has 0 fully saturated rings. The molecule has 0 spiro atoms. The summed E-state index contributed by atoms with van der Waals surface area (Å²) in [6.45, 7) is 0.262. The average molecular weight is 581 g/mol. The molecule has 3 rings (SSSR count). The number of anilines is 1. The number of hydrogen-bond donors (Lipinski definition) is 1. The first kappa shape index (κ1) is 23.4. The lowest BCUT2D eigenvalue weighted by Gasteiger charge is -2.13. The molecular formula is C23H14Br2Cl2N2O2. The summed E-state index contributed by atoms with van der Waals surface area (Å²) in [6, 6.07) is 19.6. The summed E-state index contributed by atoms with van der Waals surface area (Å²) in [6.07, 6.45) is 1.47. The third kappa shape index (κ3) is 6.59. The molecule has 0 aliphatic carbocycles. The van der Waals surface area contributed by atoms with E-state index >= 15 is 0 Å². The van der Waals surface area contributed by atoms with E-state index in [9.17, 15) is 10.1 Å². The van der Waals surface area contributed by atoms with Gasteiger partial charge in [0, 0.05) is 25.8 Å². The Labute approximate surface area is 206 Å². The van der Waals surface area contributed by atoms with E-state index in [1.54, 1.807) is 36.4 Å². The van der Waals surface area contributed by atoms with Crippen LogP contribution in [-0.2, 0) is 11.4 Å². The molecule has 1 N–H and O–H groups in total. The van der Waals surface area contributed by atoms with Gasteiger partial charge in [-0.25, -0.2) is 0 Å². The normalized spacial score (nSPS) is 11.0. The molecule has 8 heteroatoms. The Hall–Kier alpha value is -2.30. The molecule has 31 heavy (non-hydrogen) atoms. The van der Waals surface area contributed by atoms with Crippen LogP contribution in [0.4, 0.5) is 5.69 Å². The van der Waals surface area contributed by atoms with Crippen LogP contribution < -0.4 is 10.1 Å². The SMILES string of the molecule is N#C/C(=C\c1cc(Br)cc(Br)c1OCc1cccc(Cl)c1)C(=O)Nc1cccc(Cl)c1. The highest BCUT2D eigenvalue weighted by molar-refractivity contribution is 9.11. The summed E-state index contributed by atoms with van der Waals surface area (Å²) in [4.78, 5) is 12.6. The highest BCUT2D eigenvalue weighted by Crippen LogP contribution is 2.35. The lowest BCUT2D eigenvalue weighted by atomic mass is 10.1. The second kappa shape index (κ2) is 10.8. The van der Waals surface area contributed by atoms with E-state index in [4.69, 9.17) is 27.9 Å². The average Bonchev–Trinajstić information content (AvgIpc) is 2.71. The number of carbonyl (C=O) groups is 1. The number of hydrogen-bond acceptors (Lipinski definition) is 3. The summed E-state index contributed by atoms with van der Waals surface area (Å²) in [5.74, 6) is -0.0619. The quantitative estimate of drug-likeness (QED) is 0.241. The molecule has 1 amide bonds. The van der Waals surface area contributed by atoms with Gasteiger partial charge in [-0.05, 0) is 70.0 Å². The fraction of sp³-hybridized carbons (Fsp3) is 0.0435. The zero-order chi connectivity index (χ0) is 22.4. The maximum atomic E-state index is 12.6. The molecule has 0 atom stereocenters. The summed E-state index contributed by atoms with van der Waals surface area (Å²) in [7, 11) is 0. The van der Waals surface area contributed by atoms with E-state index in [0.717, 1.165) is 10.0 Å². The fourth-order valence-corrected chi connectivity index (χ4v) is 4.47. The van der Waals surface area contributed by atoms with E-state index < -0.39 is 5.91 Å². The Bertz CT molecular complexity index is 1210. The largest absolute Gasteiger partial charge is 0.487 e. The highest BCUT2D eigenvalue weighted by Gasteiger charge is 2.15. The number of ether oxygens (including phenoxy) is 1. The van der Waals surface area contributed by atoms with Crippen molar-refractivity contribution in [2.75, 3.05) is 5.32 Å². The minimum absolute atomic E-state index is 0.0856. The molecule has 0 bridgehead atoms. The molecule has 156 valence electrons. The molecule has 4 nitrogen and oxygen atoms in total. The number of rotatable bonds is 6. The summed E-state index contributed by atoms with van der Waals surface area (Å²) >= 11 is 18.9. The van der Waals surface area contributed by atoms with Gasteiger partial charge < -0.3 is 10.1 Å². The molecule has 0 aliphatic heterocycles. The van der Waals surface area contributed by atoms with Gasteiger partial charge in [-0.2, -0.15) is 5.26 Å². The number of amides is 1. The smallest absolute Gasteiger partial charge is 0.266 e. The van der Waals surface area contributed by atoms with Gasteiger partial charge >= 0.3 is 0 Å². The van der Waals surface area contributed by atoms with Crippen molar-refractivity contribution in [2.24, 2.45) is 0 Å². The third-order valence-corrected chi connectivity index (χ3v) is 5.57. The van der Waals surface area contributed by atoms with Crippen LogP contribution in [0, 0.1) is 11.3 Å². The molecule has 3 aromatic carbocycles. The van der Waals surface area contributed by atoms with Crippen LogP contribution in [0.2, 0.25) is 10.0 Å². The van der Waals surface area contributed by atoms with Crippen LogP contribution in [0.5, 0.6) is 5.75 Å². The first-order valence-electron chi connectivity index (χ1n) is 8.90. The molecule has 0 radical (unpaired) electrons. The van der Waals surface area contributed by atoms with E-state index in [1.807, 2.05) is 30.3 Å². The van der Waals surface area contributed by atoms with Crippen LogP contribution in [0.15, 0.2) is 75.2 Å². The summed E-state index contributed by atoms with van der Waals surface area (Å²) < 4.78 is 7.42. The van der Waals surface area contributed by atoms with E-state index in [2.05, 4.69) is 37.2 Å². The lowest BCUT2D eigenvalue weighted by Crippen LogP contribution is -2.13. The number of nitriles is 1. The van der Waals surface area contributed by atoms with Gasteiger partial charge in [0.25, 0.3) is 5.91 Å². The molecule has 0 saturated carbocycles. The molecular weight excluding hydrogens is 567 g/mol. The first-order valence-corrected chi connectivity index (χ1v) is 11.2. The topological polar surface area (TPSA) is 62.1 Å². The van der Waals surface area contributed by atoms with E-state index in [-0.39, 0.29) is 12.2 Å². The maximum Gasteiger partial charge on any atom is 0.266 e. The van der Waals surface area contributed by atoms with Gasteiger partial charge in [0.15, 0.2) is 0 Å². The molecule has 0 aromatic heterocycles. The Balaban J connectivity index is 1.89. The summed E-state index contributed by atoms with van der Waals surface area (Å²) in [5, 5.41) is 13.3. The zero-order valence-electron chi connectivity index (χ0n) is 15.8. The zero-order valence-corrected chi connectivity index (χ0v) is 20.5. The van der Waals surface area contributed by atoms with Crippen LogP contribution in [0.1, 0.15) is 11.1 Å². The minimum atomic E-state index is -0.554. The second-order valence-electron chi connectivity index (χ2n) is 6.36. The van der Waals surface area contributed by atoms with Gasteiger partial charge in [-0.3, -0.25) is 4.79 Å². The van der Waals surface area contributed by atoms with Crippen LogP contribution in [0.3, 0.4) is 0 Å². The van der Waals surface area contributed by atoms with Crippen LogP contribution >= 0.6 is 55.1 Å². The third-order valence-electron chi connectivity index (χ3n) is 4.06. The van der Waals surface area contributed by atoms with Gasteiger partial charge in [0.05, 0.1) is 4.47 Å². The first-order chi connectivity index (χ1) is 14.9. The van der Waals surface area contributed by atoms with Crippen molar-refractivity contribution in [3.8, 4) is 11.8 Å². The van der Waals surface area contributed by atoms with Gasteiger partial charge in [0.1, 0.15) is 24.0 Å². The Morgan fingerprint density at radius 2 is 1.77 bits per heavy atom. The number of benzene rings is 3. The predicted octanol–water partition coefficient (Wildman–Crippen LogP) is 7.64. The van der Waals surface area contributed by atoms with Crippen LogP contribution in [0.25, 0.3) is 6.08 Å². The maximum absolute atomic E-state index is 12.6. The van der Waals surface area contributed by atoms with Crippen molar-refractivity contribution in [3.05, 3.63) is 96.4 Å². The van der Waals surface area contributed by atoms with Crippen molar-refractivity contribution in [1.29, 1.82) is 5.26 Å². The van der Waals surface area contributed by atoms with E-state index in [1.165, 1.54) is 6.08 Å². The number of carbonyl (C=O) groups excluding carboxylic acids is 1. The molecule has 0 aliphatic rings. The molecule has 0 unspecified atom stereocenters. The van der Waals surface area contributed by atoms with Crippen molar-refractivity contribution in [2.45, 2.75) is 6.61 Å². The van der Waals surface area contributed by atoms with Crippen molar-refractivity contribution in [3.63, 3.8) is 0 Å². The fourth-order valence-electron chi connectivity index (χ4n) is 2.69. The van der Waals surface area contributed by atoms with Crippen molar-refractivity contribution >= 4 is 72.7 Å². The van der Waals surface area contributed by atoms with Gasteiger partial charge in [-0.1, -0.05) is 57.3 Å². The standard InChI is InChI=1S/C23H14Br2Cl2N2O2/c24-17-9-15(8-16(12-28)23(30)29-20-6-2-5-19(27)11-20)22(21(25)10-17)31-13-14-3-1-4-18(26)7-14/h1-11H,13H2,(H,29,30)/b16-8+. The van der Waals surface area contributed by atoms with Crippen molar-refractivity contribution in [1.82, 2.24) is 0 Å². The minimum Gasteiger partial charge on any atom is -0.487 e. The summed E-state index contributed by atoms with van der Waals surface area (Å²) in [5.41, 5.74) is 1.85. The number of halogens is 4. The van der Waals surface area contributed by atoms with Gasteiger partial charge in [-0.15, -0.1) is 0 Å². The number of nitrogens with one attached hydrogen (secondary N) is 1. The monoisotopic (exact) mass is 578 g/mol. The lowest BCUT2D eigenvalue weighted by molar-refractivity contribution is -0.112.